The lowest BCUT2D eigenvalue weighted by Gasteiger charge is -2.18. The lowest BCUT2D eigenvalue weighted by molar-refractivity contribution is -0.122. The Kier molecular flexibility index (Phi) is 4.20. The van der Waals surface area contributed by atoms with E-state index in [0.29, 0.717) is 29.2 Å². The fraction of sp³-hybridized carbons (Fsp3) is 0.250. The SMILES string of the molecule is CC1=CC[C@@H]2C(=O)N(c3ccc(OC(=O)c4cccs4)cc3)C(=O)[C@@H]2C1. The number of esters is 1. The molecule has 2 atom stereocenters. The summed E-state index contributed by atoms with van der Waals surface area (Å²) < 4.78 is 5.31. The molecule has 2 heterocycles. The molecule has 2 amide bonds. The van der Waals surface area contributed by atoms with E-state index >= 15 is 0 Å². The van der Waals surface area contributed by atoms with Crippen LogP contribution in [0.1, 0.15) is 29.4 Å². The molecule has 1 aliphatic heterocycles. The van der Waals surface area contributed by atoms with E-state index in [1.807, 2.05) is 13.0 Å². The molecule has 1 aliphatic carbocycles. The summed E-state index contributed by atoms with van der Waals surface area (Å²) in [6.45, 7) is 1.99. The highest BCUT2D eigenvalue weighted by Gasteiger charge is 2.48. The van der Waals surface area contributed by atoms with Crippen molar-refractivity contribution in [3.05, 3.63) is 58.3 Å². The van der Waals surface area contributed by atoms with E-state index in [2.05, 4.69) is 0 Å². The molecule has 0 saturated carbocycles. The molecular weight excluding hydrogens is 350 g/mol. The number of thiophene rings is 1. The average Bonchev–Trinajstić information content (AvgIpc) is 3.24. The van der Waals surface area contributed by atoms with Crippen molar-refractivity contribution in [2.45, 2.75) is 19.8 Å². The number of hydrogen-bond acceptors (Lipinski definition) is 5. The van der Waals surface area contributed by atoms with Crippen LogP contribution in [0.25, 0.3) is 0 Å². The Morgan fingerprint density at radius 3 is 2.54 bits per heavy atom. The predicted molar refractivity (Wildman–Crippen MR) is 98.2 cm³/mol. The summed E-state index contributed by atoms with van der Waals surface area (Å²) in [5, 5.41) is 1.81. The fourth-order valence-electron chi connectivity index (χ4n) is 3.51. The van der Waals surface area contributed by atoms with Gasteiger partial charge in [0.05, 0.1) is 17.5 Å². The number of allylic oxidation sites excluding steroid dienone is 2. The van der Waals surface area contributed by atoms with Crippen LogP contribution in [0.3, 0.4) is 0 Å². The molecule has 0 unspecified atom stereocenters. The Hall–Kier alpha value is -2.73. The summed E-state index contributed by atoms with van der Waals surface area (Å²) in [6, 6.07) is 9.97. The number of carbonyl (C=O) groups excluding carboxylic acids is 3. The molecule has 132 valence electrons. The van der Waals surface area contributed by atoms with Gasteiger partial charge in [-0.2, -0.15) is 0 Å². The van der Waals surface area contributed by atoms with Gasteiger partial charge >= 0.3 is 5.97 Å². The topological polar surface area (TPSA) is 63.7 Å². The summed E-state index contributed by atoms with van der Waals surface area (Å²) in [7, 11) is 0. The van der Waals surface area contributed by atoms with Crippen LogP contribution in [0.4, 0.5) is 5.69 Å². The second-order valence-electron chi connectivity index (χ2n) is 6.58. The first-order valence-corrected chi connectivity index (χ1v) is 9.32. The van der Waals surface area contributed by atoms with Crippen LogP contribution in [0.2, 0.25) is 0 Å². The first-order chi connectivity index (χ1) is 12.5. The van der Waals surface area contributed by atoms with Crippen LogP contribution in [0.5, 0.6) is 5.75 Å². The molecule has 1 fully saturated rings. The monoisotopic (exact) mass is 367 g/mol. The molecule has 1 saturated heterocycles. The highest BCUT2D eigenvalue weighted by atomic mass is 32.1. The van der Waals surface area contributed by atoms with Crippen LogP contribution in [-0.4, -0.2) is 17.8 Å². The number of rotatable bonds is 3. The third-order valence-corrected chi connectivity index (χ3v) is 5.70. The lowest BCUT2D eigenvalue weighted by Crippen LogP contribution is -2.30. The number of benzene rings is 1. The maximum Gasteiger partial charge on any atom is 0.353 e. The Morgan fingerprint density at radius 1 is 1.12 bits per heavy atom. The van der Waals surface area contributed by atoms with Gasteiger partial charge in [-0.25, -0.2) is 4.79 Å². The minimum Gasteiger partial charge on any atom is -0.422 e. The molecule has 0 spiro atoms. The van der Waals surface area contributed by atoms with Crippen LogP contribution in [0.15, 0.2) is 53.4 Å². The summed E-state index contributed by atoms with van der Waals surface area (Å²) in [5.41, 5.74) is 1.67. The number of hydrogen-bond donors (Lipinski definition) is 0. The van der Waals surface area contributed by atoms with Gasteiger partial charge in [0.1, 0.15) is 10.6 Å². The second-order valence-corrected chi connectivity index (χ2v) is 7.52. The molecule has 0 bridgehead atoms. The largest absolute Gasteiger partial charge is 0.422 e. The van der Waals surface area contributed by atoms with Gasteiger partial charge in [-0.3, -0.25) is 14.5 Å². The number of imide groups is 1. The van der Waals surface area contributed by atoms with Crippen molar-refractivity contribution in [2.24, 2.45) is 11.8 Å². The van der Waals surface area contributed by atoms with Gasteiger partial charge in [-0.15, -0.1) is 11.3 Å². The zero-order valence-electron chi connectivity index (χ0n) is 14.2. The fourth-order valence-corrected chi connectivity index (χ4v) is 4.11. The Morgan fingerprint density at radius 2 is 1.85 bits per heavy atom. The van der Waals surface area contributed by atoms with E-state index in [1.54, 1.807) is 41.8 Å². The van der Waals surface area contributed by atoms with E-state index in [-0.39, 0.29) is 23.7 Å². The zero-order valence-corrected chi connectivity index (χ0v) is 15.0. The summed E-state index contributed by atoms with van der Waals surface area (Å²) >= 11 is 1.31. The van der Waals surface area contributed by atoms with Crippen molar-refractivity contribution in [3.63, 3.8) is 0 Å². The van der Waals surface area contributed by atoms with Gasteiger partial charge in [-0.1, -0.05) is 17.7 Å². The maximum absolute atomic E-state index is 12.7. The smallest absolute Gasteiger partial charge is 0.353 e. The number of ether oxygens (including phenoxy) is 1. The van der Waals surface area contributed by atoms with Crippen LogP contribution >= 0.6 is 11.3 Å². The first-order valence-electron chi connectivity index (χ1n) is 8.44. The average molecular weight is 367 g/mol. The zero-order chi connectivity index (χ0) is 18.3. The first kappa shape index (κ1) is 16.7. The number of anilines is 1. The number of carbonyl (C=O) groups is 3. The van der Waals surface area contributed by atoms with E-state index in [4.69, 9.17) is 4.74 Å². The molecule has 1 aromatic heterocycles. The summed E-state index contributed by atoms with van der Waals surface area (Å²) in [5.74, 6) is -0.857. The van der Waals surface area contributed by atoms with E-state index in [9.17, 15) is 14.4 Å². The standard InChI is InChI=1S/C20H17NO4S/c1-12-4-9-15-16(11-12)19(23)21(18(15)22)13-5-7-14(8-6-13)25-20(24)17-3-2-10-26-17/h2-8,10,15-16H,9,11H2,1H3/t15-,16+/m0/s1. The number of nitrogens with zero attached hydrogens (tertiary/aromatic N) is 1. The van der Waals surface area contributed by atoms with Gasteiger partial charge in [0, 0.05) is 0 Å². The predicted octanol–water partition coefficient (Wildman–Crippen LogP) is 3.81. The van der Waals surface area contributed by atoms with Crippen molar-refractivity contribution >= 4 is 34.8 Å². The van der Waals surface area contributed by atoms with E-state index in [1.165, 1.54) is 16.2 Å². The van der Waals surface area contributed by atoms with Crippen molar-refractivity contribution in [1.82, 2.24) is 0 Å². The molecule has 1 aromatic carbocycles. The molecule has 0 radical (unpaired) electrons. The molecule has 26 heavy (non-hydrogen) atoms. The molecular formula is C20H17NO4S. The molecule has 4 rings (SSSR count). The Balaban J connectivity index is 1.51. The normalized spacial score (nSPS) is 22.2. The molecule has 0 N–H and O–H groups in total. The van der Waals surface area contributed by atoms with Gasteiger partial charge in [0.2, 0.25) is 11.8 Å². The van der Waals surface area contributed by atoms with Gasteiger partial charge < -0.3 is 4.74 Å². The number of fused-ring (bicyclic) bond motifs is 1. The van der Waals surface area contributed by atoms with Crippen molar-refractivity contribution in [1.29, 1.82) is 0 Å². The van der Waals surface area contributed by atoms with E-state index < -0.39 is 5.97 Å². The third kappa shape index (κ3) is 2.86. The van der Waals surface area contributed by atoms with E-state index in [0.717, 1.165) is 5.57 Å². The Bertz CT molecular complexity index is 898. The quantitative estimate of drug-likeness (QED) is 0.358. The molecule has 6 heteroatoms. The highest BCUT2D eigenvalue weighted by molar-refractivity contribution is 7.12. The maximum atomic E-state index is 12.7. The van der Waals surface area contributed by atoms with Crippen LogP contribution < -0.4 is 9.64 Å². The molecule has 2 aliphatic rings. The van der Waals surface area contributed by atoms with Gasteiger partial charge in [0.25, 0.3) is 0 Å². The summed E-state index contributed by atoms with van der Waals surface area (Å²) in [6.07, 6.45) is 3.30. The number of amides is 2. The molecule has 2 aromatic rings. The molecule has 5 nitrogen and oxygen atoms in total. The second kappa shape index (κ2) is 6.53. The van der Waals surface area contributed by atoms with Gasteiger partial charge in [0.15, 0.2) is 0 Å². The van der Waals surface area contributed by atoms with Crippen LogP contribution in [0, 0.1) is 11.8 Å². The highest BCUT2D eigenvalue weighted by Crippen LogP contribution is 2.40. The van der Waals surface area contributed by atoms with Crippen molar-refractivity contribution in [2.75, 3.05) is 4.90 Å². The van der Waals surface area contributed by atoms with Crippen LogP contribution in [-0.2, 0) is 9.59 Å². The summed E-state index contributed by atoms with van der Waals surface area (Å²) in [4.78, 5) is 39.2. The van der Waals surface area contributed by atoms with Crippen molar-refractivity contribution < 1.29 is 19.1 Å². The minimum absolute atomic E-state index is 0.143. The van der Waals surface area contributed by atoms with Crippen molar-refractivity contribution in [3.8, 4) is 5.75 Å². The van der Waals surface area contributed by atoms with Gasteiger partial charge in [-0.05, 0) is 55.5 Å². The minimum atomic E-state index is -0.423. The lowest BCUT2D eigenvalue weighted by atomic mass is 9.82. The Labute approximate surface area is 154 Å². The third-order valence-electron chi connectivity index (χ3n) is 4.85.